The van der Waals surface area contributed by atoms with Crippen molar-refractivity contribution in [2.75, 3.05) is 7.05 Å². The van der Waals surface area contributed by atoms with Crippen LogP contribution in [0.5, 0.6) is 0 Å². The molecule has 0 heterocycles. The molecule has 1 aliphatic carbocycles. The third-order valence-electron chi connectivity index (χ3n) is 5.75. The smallest absolute Gasteiger partial charge is 0.243 e. The van der Waals surface area contributed by atoms with E-state index in [2.05, 4.69) is 5.32 Å². The maximum absolute atomic E-state index is 12.9. The summed E-state index contributed by atoms with van der Waals surface area (Å²) in [6, 6.07) is 16.5. The predicted octanol–water partition coefficient (Wildman–Crippen LogP) is 3.45. The summed E-state index contributed by atoms with van der Waals surface area (Å²) in [5, 5.41) is 3.04. The molecular formula is C22H28N2O3S. The average Bonchev–Trinajstić information content (AvgIpc) is 2.66. The molecule has 0 unspecified atom stereocenters. The number of sulfonamides is 1. The molecule has 0 atom stereocenters. The zero-order valence-electron chi connectivity index (χ0n) is 16.7. The van der Waals surface area contributed by atoms with Gasteiger partial charge in [-0.3, -0.25) is 4.79 Å². The number of hydrogen-bond acceptors (Lipinski definition) is 3. The second kappa shape index (κ2) is 8.05. The van der Waals surface area contributed by atoms with Crippen molar-refractivity contribution in [1.82, 2.24) is 9.62 Å². The van der Waals surface area contributed by atoms with Crippen LogP contribution in [0.15, 0.2) is 59.5 Å². The van der Waals surface area contributed by atoms with Gasteiger partial charge in [-0.2, -0.15) is 4.31 Å². The van der Waals surface area contributed by atoms with Gasteiger partial charge in [-0.05, 0) is 49.9 Å². The number of nitrogens with one attached hydrogen (secondary N) is 1. The summed E-state index contributed by atoms with van der Waals surface area (Å²) in [4.78, 5) is 13.2. The van der Waals surface area contributed by atoms with Crippen molar-refractivity contribution in [2.45, 2.75) is 56.0 Å². The molecule has 0 bridgehead atoms. The van der Waals surface area contributed by atoms with Crippen molar-refractivity contribution in [1.29, 1.82) is 0 Å². The zero-order valence-corrected chi connectivity index (χ0v) is 17.5. The number of hydrogen-bond donors (Lipinski definition) is 1. The first-order valence-corrected chi connectivity index (χ1v) is 11.1. The number of amides is 1. The van der Waals surface area contributed by atoms with Crippen molar-refractivity contribution in [3.63, 3.8) is 0 Å². The average molecular weight is 401 g/mol. The van der Waals surface area contributed by atoms with Crippen LogP contribution in [0.25, 0.3) is 0 Å². The lowest BCUT2D eigenvalue weighted by atomic mass is 9.64. The third-order valence-corrected chi connectivity index (χ3v) is 7.80. The van der Waals surface area contributed by atoms with Crippen molar-refractivity contribution >= 4 is 15.9 Å². The van der Waals surface area contributed by atoms with Gasteiger partial charge in [0.15, 0.2) is 0 Å². The predicted molar refractivity (Wildman–Crippen MR) is 110 cm³/mol. The van der Waals surface area contributed by atoms with Crippen molar-refractivity contribution in [3.05, 3.63) is 65.7 Å². The van der Waals surface area contributed by atoms with Gasteiger partial charge in [0.05, 0.1) is 10.3 Å². The molecule has 0 saturated heterocycles. The first-order chi connectivity index (χ1) is 13.3. The molecule has 3 rings (SSSR count). The SMILES string of the molecule is CC(C)N(C)S(=O)(=O)c1ccc(CNC(=O)C2(c3ccccc3)CCC2)cc1. The lowest BCUT2D eigenvalue weighted by Crippen LogP contribution is -2.48. The molecule has 1 aliphatic rings. The molecule has 6 heteroatoms. The van der Waals surface area contributed by atoms with Crippen molar-refractivity contribution in [2.24, 2.45) is 0 Å². The fourth-order valence-electron chi connectivity index (χ4n) is 3.51. The highest BCUT2D eigenvalue weighted by molar-refractivity contribution is 7.89. The highest BCUT2D eigenvalue weighted by Gasteiger charge is 2.45. The summed E-state index contributed by atoms with van der Waals surface area (Å²) >= 11 is 0. The molecule has 1 N–H and O–H groups in total. The Kier molecular flexibility index (Phi) is 5.91. The minimum atomic E-state index is -3.49. The van der Waals surface area contributed by atoms with Crippen molar-refractivity contribution < 1.29 is 13.2 Å². The normalized spacial score (nSPS) is 16.0. The van der Waals surface area contributed by atoms with E-state index >= 15 is 0 Å². The van der Waals surface area contributed by atoms with Crippen LogP contribution in [-0.4, -0.2) is 31.7 Å². The van der Waals surface area contributed by atoms with E-state index in [1.54, 1.807) is 31.3 Å². The van der Waals surface area contributed by atoms with Crippen LogP contribution < -0.4 is 5.32 Å². The standard InChI is InChI=1S/C22H28N2O3S/c1-17(2)24(3)28(26,27)20-12-10-18(11-13-20)16-23-21(25)22(14-7-15-22)19-8-5-4-6-9-19/h4-6,8-13,17H,7,14-16H2,1-3H3,(H,23,25). The summed E-state index contributed by atoms with van der Waals surface area (Å²) < 4.78 is 26.4. The van der Waals surface area contributed by atoms with Gasteiger partial charge in [-0.15, -0.1) is 0 Å². The summed E-state index contributed by atoms with van der Waals surface area (Å²) in [6.07, 6.45) is 2.78. The number of carbonyl (C=O) groups excluding carboxylic acids is 1. The van der Waals surface area contributed by atoms with E-state index < -0.39 is 15.4 Å². The van der Waals surface area contributed by atoms with Crippen LogP contribution in [0.4, 0.5) is 0 Å². The Balaban J connectivity index is 1.68. The zero-order chi connectivity index (χ0) is 20.4. The number of benzene rings is 2. The van der Waals surface area contributed by atoms with E-state index in [1.807, 2.05) is 44.2 Å². The molecule has 2 aromatic rings. The maximum Gasteiger partial charge on any atom is 0.243 e. The van der Waals surface area contributed by atoms with Crippen LogP contribution in [0.1, 0.15) is 44.2 Å². The van der Waals surface area contributed by atoms with Gasteiger partial charge in [0.25, 0.3) is 0 Å². The summed E-state index contributed by atoms with van der Waals surface area (Å²) in [6.45, 7) is 4.06. The Bertz CT molecular complexity index is 918. The lowest BCUT2D eigenvalue weighted by Gasteiger charge is -2.40. The molecule has 0 aliphatic heterocycles. The Morgan fingerprint density at radius 1 is 1.07 bits per heavy atom. The van der Waals surface area contributed by atoms with E-state index in [-0.39, 0.29) is 16.8 Å². The van der Waals surface area contributed by atoms with E-state index in [9.17, 15) is 13.2 Å². The summed E-state index contributed by atoms with van der Waals surface area (Å²) in [5.41, 5.74) is 1.52. The first kappa shape index (κ1) is 20.6. The van der Waals surface area contributed by atoms with Crippen LogP contribution in [0.2, 0.25) is 0 Å². The van der Waals surface area contributed by atoms with Crippen LogP contribution in [0, 0.1) is 0 Å². The molecular weight excluding hydrogens is 372 g/mol. The Labute approximate surface area is 167 Å². The number of rotatable bonds is 7. The Morgan fingerprint density at radius 2 is 1.68 bits per heavy atom. The van der Waals surface area contributed by atoms with Gasteiger partial charge in [0, 0.05) is 19.6 Å². The first-order valence-electron chi connectivity index (χ1n) is 9.68. The molecule has 28 heavy (non-hydrogen) atoms. The lowest BCUT2D eigenvalue weighted by molar-refractivity contribution is -0.130. The van der Waals surface area contributed by atoms with E-state index in [1.165, 1.54) is 4.31 Å². The Hall–Kier alpha value is -2.18. The molecule has 150 valence electrons. The maximum atomic E-state index is 12.9. The molecule has 0 aromatic heterocycles. The summed E-state index contributed by atoms with van der Waals surface area (Å²) in [5.74, 6) is 0.0428. The molecule has 5 nitrogen and oxygen atoms in total. The summed E-state index contributed by atoms with van der Waals surface area (Å²) in [7, 11) is -1.92. The molecule has 0 spiro atoms. The van der Waals surface area contributed by atoms with Gasteiger partial charge in [0.1, 0.15) is 0 Å². The monoisotopic (exact) mass is 400 g/mol. The van der Waals surface area contributed by atoms with Crippen molar-refractivity contribution in [3.8, 4) is 0 Å². The largest absolute Gasteiger partial charge is 0.351 e. The van der Waals surface area contributed by atoms with Gasteiger partial charge in [0.2, 0.25) is 15.9 Å². The second-order valence-corrected chi connectivity index (χ2v) is 9.74. The number of nitrogens with zero attached hydrogens (tertiary/aromatic N) is 1. The fraction of sp³-hybridized carbons (Fsp3) is 0.409. The van der Waals surface area contributed by atoms with Gasteiger partial charge < -0.3 is 5.32 Å². The van der Waals surface area contributed by atoms with E-state index in [4.69, 9.17) is 0 Å². The van der Waals surface area contributed by atoms with Crippen LogP contribution in [-0.2, 0) is 26.8 Å². The minimum absolute atomic E-state index is 0.0428. The van der Waals surface area contributed by atoms with Gasteiger partial charge >= 0.3 is 0 Å². The quantitative estimate of drug-likeness (QED) is 0.774. The Morgan fingerprint density at radius 3 is 2.18 bits per heavy atom. The van der Waals surface area contributed by atoms with Crippen LogP contribution >= 0.6 is 0 Å². The second-order valence-electron chi connectivity index (χ2n) is 7.74. The molecule has 1 fully saturated rings. The third kappa shape index (κ3) is 3.84. The van der Waals surface area contributed by atoms with E-state index in [0.29, 0.717) is 6.54 Å². The highest BCUT2D eigenvalue weighted by atomic mass is 32.2. The molecule has 1 amide bonds. The molecule has 2 aromatic carbocycles. The van der Waals surface area contributed by atoms with Gasteiger partial charge in [-0.25, -0.2) is 8.42 Å². The minimum Gasteiger partial charge on any atom is -0.351 e. The topological polar surface area (TPSA) is 66.5 Å². The number of carbonyl (C=O) groups is 1. The molecule has 1 saturated carbocycles. The molecule has 0 radical (unpaired) electrons. The van der Waals surface area contributed by atoms with Gasteiger partial charge in [-0.1, -0.05) is 48.9 Å². The fourth-order valence-corrected chi connectivity index (χ4v) is 4.88. The van der Waals surface area contributed by atoms with Crippen LogP contribution in [0.3, 0.4) is 0 Å². The van der Waals surface area contributed by atoms with E-state index in [0.717, 1.165) is 30.4 Å². The highest BCUT2D eigenvalue weighted by Crippen LogP contribution is 2.43.